The first-order valence-electron chi connectivity index (χ1n) is 6.61. The number of amides is 2. The van der Waals surface area contributed by atoms with E-state index >= 15 is 0 Å². The summed E-state index contributed by atoms with van der Waals surface area (Å²) in [4.78, 5) is 25.6. The van der Waals surface area contributed by atoms with Gasteiger partial charge in [0.2, 0.25) is 5.91 Å². The van der Waals surface area contributed by atoms with Crippen LogP contribution < -0.4 is 15.4 Å². The molecule has 0 aliphatic carbocycles. The first-order chi connectivity index (χ1) is 9.70. The van der Waals surface area contributed by atoms with Gasteiger partial charge in [-0.2, -0.15) is 0 Å². The van der Waals surface area contributed by atoms with Crippen molar-refractivity contribution in [3.05, 3.63) is 29.8 Å². The lowest BCUT2D eigenvalue weighted by atomic mass is 10.2. The van der Waals surface area contributed by atoms with Crippen molar-refractivity contribution in [1.82, 2.24) is 15.5 Å². The number of rotatable bonds is 4. The Balaban J connectivity index is 1.86. The second kappa shape index (κ2) is 6.91. The van der Waals surface area contributed by atoms with E-state index in [-0.39, 0.29) is 18.4 Å². The fourth-order valence-corrected chi connectivity index (χ4v) is 2.05. The third-order valence-electron chi connectivity index (χ3n) is 3.20. The number of nitrogens with one attached hydrogen (secondary N) is 2. The predicted molar refractivity (Wildman–Crippen MR) is 74.8 cm³/mol. The minimum absolute atomic E-state index is 0.0239. The molecule has 0 aromatic heterocycles. The van der Waals surface area contributed by atoms with Gasteiger partial charge in [-0.25, -0.2) is 0 Å². The Kier molecular flexibility index (Phi) is 4.95. The zero-order valence-electron chi connectivity index (χ0n) is 11.5. The van der Waals surface area contributed by atoms with Gasteiger partial charge in [0.1, 0.15) is 5.75 Å². The van der Waals surface area contributed by atoms with Crippen LogP contribution in [0.5, 0.6) is 5.75 Å². The van der Waals surface area contributed by atoms with Gasteiger partial charge in [0.05, 0.1) is 13.7 Å². The fraction of sp³-hybridized carbons (Fsp3) is 0.429. The molecule has 1 aromatic carbocycles. The Morgan fingerprint density at radius 1 is 1.35 bits per heavy atom. The predicted octanol–water partition coefficient (Wildman–Crippen LogP) is -0.143. The van der Waals surface area contributed by atoms with Gasteiger partial charge in [-0.05, 0) is 18.2 Å². The highest BCUT2D eigenvalue weighted by molar-refractivity contribution is 5.96. The zero-order valence-corrected chi connectivity index (χ0v) is 11.5. The van der Waals surface area contributed by atoms with E-state index in [0.29, 0.717) is 24.4 Å². The average Bonchev–Trinajstić information content (AvgIpc) is 2.53. The number of piperazine rings is 1. The van der Waals surface area contributed by atoms with E-state index < -0.39 is 0 Å². The smallest absolute Gasteiger partial charge is 0.251 e. The molecule has 108 valence electrons. The van der Waals surface area contributed by atoms with Crippen LogP contribution in [-0.4, -0.2) is 56.5 Å². The molecule has 0 atom stereocenters. The van der Waals surface area contributed by atoms with Crippen LogP contribution in [0, 0.1) is 0 Å². The minimum Gasteiger partial charge on any atom is -0.497 e. The monoisotopic (exact) mass is 277 g/mol. The molecule has 2 rings (SSSR count). The van der Waals surface area contributed by atoms with Crippen molar-refractivity contribution in [2.45, 2.75) is 0 Å². The second-order valence-corrected chi connectivity index (χ2v) is 4.55. The standard InChI is InChI=1S/C14H19N3O3/c1-20-12-4-2-3-11(9-12)14(19)16-10-13(18)17-7-5-15-6-8-17/h2-4,9,15H,5-8,10H2,1H3,(H,16,19). The van der Waals surface area contributed by atoms with Crippen LogP contribution in [0.4, 0.5) is 0 Å². The SMILES string of the molecule is COc1cccc(C(=O)NCC(=O)N2CCNCC2)c1. The van der Waals surface area contributed by atoms with Crippen LogP contribution in [0.3, 0.4) is 0 Å². The summed E-state index contributed by atoms with van der Waals surface area (Å²) in [6.07, 6.45) is 0. The molecule has 0 bridgehead atoms. The van der Waals surface area contributed by atoms with Gasteiger partial charge < -0.3 is 20.3 Å². The number of methoxy groups -OCH3 is 1. The highest BCUT2D eigenvalue weighted by Gasteiger charge is 2.17. The van der Waals surface area contributed by atoms with Crippen LogP contribution in [0.1, 0.15) is 10.4 Å². The molecule has 0 spiro atoms. The topological polar surface area (TPSA) is 70.7 Å². The van der Waals surface area contributed by atoms with Gasteiger partial charge in [0.25, 0.3) is 5.91 Å². The van der Waals surface area contributed by atoms with E-state index in [0.717, 1.165) is 13.1 Å². The van der Waals surface area contributed by atoms with E-state index in [2.05, 4.69) is 10.6 Å². The van der Waals surface area contributed by atoms with Crippen molar-refractivity contribution >= 4 is 11.8 Å². The molecular formula is C14H19N3O3. The molecule has 2 amide bonds. The Morgan fingerprint density at radius 2 is 2.10 bits per heavy atom. The maximum atomic E-state index is 12.0. The van der Waals surface area contributed by atoms with E-state index in [1.807, 2.05) is 0 Å². The largest absolute Gasteiger partial charge is 0.497 e. The summed E-state index contributed by atoms with van der Waals surface area (Å²) in [5.41, 5.74) is 0.484. The summed E-state index contributed by atoms with van der Waals surface area (Å²) in [5.74, 6) is 0.293. The number of ether oxygens (including phenoxy) is 1. The van der Waals surface area contributed by atoms with Crippen molar-refractivity contribution < 1.29 is 14.3 Å². The first-order valence-corrected chi connectivity index (χ1v) is 6.61. The number of benzene rings is 1. The fourth-order valence-electron chi connectivity index (χ4n) is 2.05. The number of carbonyl (C=O) groups is 2. The second-order valence-electron chi connectivity index (χ2n) is 4.55. The molecule has 1 heterocycles. The van der Waals surface area contributed by atoms with Crippen LogP contribution in [0.25, 0.3) is 0 Å². The van der Waals surface area contributed by atoms with E-state index in [4.69, 9.17) is 4.74 Å². The van der Waals surface area contributed by atoms with Crippen molar-refractivity contribution in [1.29, 1.82) is 0 Å². The lowest BCUT2D eigenvalue weighted by Crippen LogP contribution is -2.49. The zero-order chi connectivity index (χ0) is 14.4. The van der Waals surface area contributed by atoms with Gasteiger partial charge in [-0.1, -0.05) is 6.07 Å². The summed E-state index contributed by atoms with van der Waals surface area (Å²) in [6, 6.07) is 6.84. The number of hydrogen-bond acceptors (Lipinski definition) is 4. The summed E-state index contributed by atoms with van der Waals surface area (Å²) in [7, 11) is 1.55. The Bertz CT molecular complexity index is 484. The molecule has 20 heavy (non-hydrogen) atoms. The Morgan fingerprint density at radius 3 is 2.80 bits per heavy atom. The maximum absolute atomic E-state index is 12.0. The van der Waals surface area contributed by atoms with Crippen molar-refractivity contribution in [3.8, 4) is 5.75 Å². The molecule has 0 radical (unpaired) electrons. The molecule has 1 aromatic rings. The maximum Gasteiger partial charge on any atom is 0.251 e. The molecule has 6 heteroatoms. The van der Waals surface area contributed by atoms with Gasteiger partial charge in [-0.15, -0.1) is 0 Å². The summed E-state index contributed by atoms with van der Waals surface area (Å²) in [6.45, 7) is 3.00. The van der Waals surface area contributed by atoms with E-state index in [1.165, 1.54) is 0 Å². The number of hydrogen-bond donors (Lipinski definition) is 2. The van der Waals surface area contributed by atoms with E-state index in [1.54, 1.807) is 36.3 Å². The molecular weight excluding hydrogens is 258 g/mol. The van der Waals surface area contributed by atoms with Crippen LogP contribution >= 0.6 is 0 Å². The molecule has 0 unspecified atom stereocenters. The lowest BCUT2D eigenvalue weighted by Gasteiger charge is -2.27. The molecule has 1 aliphatic rings. The molecule has 1 aliphatic heterocycles. The minimum atomic E-state index is -0.271. The third kappa shape index (κ3) is 3.71. The Hall–Kier alpha value is -2.08. The summed E-state index contributed by atoms with van der Waals surface area (Å²) in [5, 5.41) is 5.82. The molecule has 6 nitrogen and oxygen atoms in total. The first kappa shape index (κ1) is 14.3. The average molecular weight is 277 g/mol. The van der Waals surface area contributed by atoms with Gasteiger partial charge >= 0.3 is 0 Å². The van der Waals surface area contributed by atoms with Crippen molar-refractivity contribution in [3.63, 3.8) is 0 Å². The van der Waals surface area contributed by atoms with Crippen molar-refractivity contribution in [2.75, 3.05) is 39.8 Å². The van der Waals surface area contributed by atoms with Gasteiger partial charge in [-0.3, -0.25) is 9.59 Å². The summed E-state index contributed by atoms with van der Waals surface area (Å²) < 4.78 is 5.06. The van der Waals surface area contributed by atoms with E-state index in [9.17, 15) is 9.59 Å². The molecule has 0 saturated carbocycles. The highest BCUT2D eigenvalue weighted by atomic mass is 16.5. The molecule has 2 N–H and O–H groups in total. The third-order valence-corrected chi connectivity index (χ3v) is 3.20. The lowest BCUT2D eigenvalue weighted by molar-refractivity contribution is -0.130. The molecule has 1 saturated heterocycles. The normalized spacial score (nSPS) is 14.8. The van der Waals surface area contributed by atoms with Gasteiger partial charge in [0.15, 0.2) is 0 Å². The highest BCUT2D eigenvalue weighted by Crippen LogP contribution is 2.12. The Labute approximate surface area is 118 Å². The number of nitrogens with zero attached hydrogens (tertiary/aromatic N) is 1. The number of carbonyl (C=O) groups excluding carboxylic acids is 2. The van der Waals surface area contributed by atoms with Crippen LogP contribution in [-0.2, 0) is 4.79 Å². The van der Waals surface area contributed by atoms with Crippen LogP contribution in [0.2, 0.25) is 0 Å². The quantitative estimate of drug-likeness (QED) is 0.803. The van der Waals surface area contributed by atoms with Crippen LogP contribution in [0.15, 0.2) is 24.3 Å². The van der Waals surface area contributed by atoms with Gasteiger partial charge in [0, 0.05) is 31.7 Å². The van der Waals surface area contributed by atoms with Crippen molar-refractivity contribution in [2.24, 2.45) is 0 Å². The summed E-state index contributed by atoms with van der Waals surface area (Å²) >= 11 is 0. The molecule has 1 fully saturated rings.